The number of carbonyl (C=O) groups is 1. The van der Waals surface area contributed by atoms with Crippen molar-refractivity contribution in [3.63, 3.8) is 0 Å². The molecule has 1 amide bonds. The highest BCUT2D eigenvalue weighted by atomic mass is 79.9. The van der Waals surface area contributed by atoms with E-state index in [0.29, 0.717) is 21.5 Å². The van der Waals surface area contributed by atoms with Crippen molar-refractivity contribution in [2.24, 2.45) is 0 Å². The average molecular weight is 511 g/mol. The van der Waals surface area contributed by atoms with E-state index in [4.69, 9.17) is 9.47 Å². The minimum Gasteiger partial charge on any atom is -0.495 e. The van der Waals surface area contributed by atoms with Crippen LogP contribution < -0.4 is 14.8 Å². The lowest BCUT2D eigenvalue weighted by Gasteiger charge is -2.13. The molecule has 3 rings (SSSR count). The number of aromatic nitrogens is 1. The van der Waals surface area contributed by atoms with Crippen molar-refractivity contribution in [1.82, 2.24) is 4.98 Å². The van der Waals surface area contributed by atoms with Crippen molar-refractivity contribution in [1.29, 1.82) is 0 Å². The Morgan fingerprint density at radius 1 is 1.25 bits per heavy atom. The van der Waals surface area contributed by atoms with E-state index in [9.17, 15) is 14.9 Å². The van der Waals surface area contributed by atoms with Crippen molar-refractivity contribution in [2.45, 2.75) is 0 Å². The van der Waals surface area contributed by atoms with Crippen molar-refractivity contribution in [3.05, 3.63) is 61.7 Å². The number of pyridine rings is 1. The number of amides is 1. The van der Waals surface area contributed by atoms with Crippen molar-refractivity contribution in [3.8, 4) is 11.5 Å². The SMILES string of the molecule is COc1ccc([N+](=O)[O-])cc1NC(=O)COc1c(Br)cc(Br)c2cccnc12. The van der Waals surface area contributed by atoms with Crippen LogP contribution in [0.15, 0.2) is 51.5 Å². The van der Waals surface area contributed by atoms with Gasteiger partial charge in [0.15, 0.2) is 12.4 Å². The van der Waals surface area contributed by atoms with Crippen LogP contribution >= 0.6 is 31.9 Å². The Hall–Kier alpha value is -2.72. The van der Waals surface area contributed by atoms with E-state index >= 15 is 0 Å². The number of anilines is 1. The topological polar surface area (TPSA) is 104 Å². The van der Waals surface area contributed by atoms with E-state index in [1.807, 2.05) is 6.07 Å². The van der Waals surface area contributed by atoms with Crippen LogP contribution in [-0.2, 0) is 4.79 Å². The van der Waals surface area contributed by atoms with E-state index in [1.165, 1.54) is 25.3 Å². The first-order valence-electron chi connectivity index (χ1n) is 7.88. The van der Waals surface area contributed by atoms with E-state index in [0.717, 1.165) is 9.86 Å². The second-order valence-electron chi connectivity index (χ2n) is 5.55. The normalized spacial score (nSPS) is 10.5. The molecule has 1 heterocycles. The van der Waals surface area contributed by atoms with Gasteiger partial charge in [-0.3, -0.25) is 19.9 Å². The van der Waals surface area contributed by atoms with Gasteiger partial charge in [0.1, 0.15) is 11.3 Å². The third-order valence-corrected chi connectivity index (χ3v) is 5.01. The molecule has 10 heteroatoms. The van der Waals surface area contributed by atoms with E-state index in [2.05, 4.69) is 42.2 Å². The summed E-state index contributed by atoms with van der Waals surface area (Å²) >= 11 is 6.88. The van der Waals surface area contributed by atoms with E-state index < -0.39 is 10.8 Å². The Kier molecular flexibility index (Phi) is 6.10. The van der Waals surface area contributed by atoms with Gasteiger partial charge in [0.2, 0.25) is 0 Å². The van der Waals surface area contributed by atoms with Crippen LogP contribution in [0.4, 0.5) is 11.4 Å². The van der Waals surface area contributed by atoms with E-state index in [1.54, 1.807) is 18.3 Å². The van der Waals surface area contributed by atoms with Crippen LogP contribution in [0.2, 0.25) is 0 Å². The number of nitrogens with zero attached hydrogens (tertiary/aromatic N) is 2. The van der Waals surface area contributed by atoms with Gasteiger partial charge in [-0.1, -0.05) is 22.0 Å². The number of nitrogens with one attached hydrogen (secondary N) is 1. The molecule has 1 N–H and O–H groups in total. The molecule has 1 aromatic heterocycles. The number of non-ortho nitro benzene ring substituents is 1. The molecular formula is C18H13Br2N3O5. The van der Waals surface area contributed by atoms with Crippen LogP contribution in [0.3, 0.4) is 0 Å². The fraction of sp³-hybridized carbons (Fsp3) is 0.111. The minimum absolute atomic E-state index is 0.164. The summed E-state index contributed by atoms with van der Waals surface area (Å²) in [5.74, 6) is 0.216. The van der Waals surface area contributed by atoms with Crippen molar-refractivity contribution >= 4 is 60.0 Å². The number of halogens is 2. The average Bonchev–Trinajstić information content (AvgIpc) is 2.67. The fourth-order valence-electron chi connectivity index (χ4n) is 2.52. The van der Waals surface area contributed by atoms with Gasteiger partial charge in [0.25, 0.3) is 11.6 Å². The molecule has 144 valence electrons. The van der Waals surface area contributed by atoms with Crippen molar-refractivity contribution in [2.75, 3.05) is 19.0 Å². The molecule has 3 aromatic rings. The second kappa shape index (κ2) is 8.53. The number of rotatable bonds is 6. The predicted molar refractivity (Wildman–Crippen MR) is 111 cm³/mol. The molecule has 0 aliphatic carbocycles. The second-order valence-corrected chi connectivity index (χ2v) is 7.26. The van der Waals surface area contributed by atoms with Gasteiger partial charge in [0, 0.05) is 28.2 Å². The monoisotopic (exact) mass is 509 g/mol. The highest BCUT2D eigenvalue weighted by Crippen LogP contribution is 2.37. The lowest BCUT2D eigenvalue weighted by atomic mass is 10.2. The molecule has 0 unspecified atom stereocenters. The molecule has 0 atom stereocenters. The van der Waals surface area contributed by atoms with E-state index in [-0.39, 0.29) is 18.0 Å². The van der Waals surface area contributed by atoms with Gasteiger partial charge in [0.05, 0.1) is 22.2 Å². The Labute approximate surface area is 176 Å². The zero-order valence-corrected chi connectivity index (χ0v) is 17.6. The number of fused-ring (bicyclic) bond motifs is 1. The number of benzene rings is 2. The number of hydrogen-bond acceptors (Lipinski definition) is 6. The molecule has 0 aliphatic rings. The first kappa shape index (κ1) is 20.0. The number of methoxy groups -OCH3 is 1. The molecule has 0 radical (unpaired) electrons. The summed E-state index contributed by atoms with van der Waals surface area (Å²) in [5, 5.41) is 14.4. The molecule has 0 fully saturated rings. The Morgan fingerprint density at radius 2 is 2.04 bits per heavy atom. The maximum absolute atomic E-state index is 12.3. The quantitative estimate of drug-likeness (QED) is 0.381. The number of hydrogen-bond donors (Lipinski definition) is 1. The minimum atomic E-state index is -0.553. The zero-order valence-electron chi connectivity index (χ0n) is 14.4. The summed E-state index contributed by atoms with van der Waals surface area (Å²) in [6.45, 7) is -0.322. The van der Waals surface area contributed by atoms with Crippen LogP contribution in [0.25, 0.3) is 10.9 Å². The lowest BCUT2D eigenvalue weighted by Crippen LogP contribution is -2.21. The summed E-state index contributed by atoms with van der Waals surface area (Å²) < 4.78 is 12.3. The summed E-state index contributed by atoms with van der Waals surface area (Å²) in [6, 6.07) is 9.41. The molecule has 0 saturated carbocycles. The maximum Gasteiger partial charge on any atom is 0.271 e. The number of nitro benzene ring substituents is 1. The molecule has 0 aliphatic heterocycles. The van der Waals surface area contributed by atoms with Crippen LogP contribution in [0, 0.1) is 10.1 Å². The van der Waals surface area contributed by atoms with Gasteiger partial charge in [-0.2, -0.15) is 0 Å². The maximum atomic E-state index is 12.3. The molecule has 0 spiro atoms. The summed E-state index contributed by atoms with van der Waals surface area (Å²) in [6.07, 6.45) is 1.63. The molecule has 8 nitrogen and oxygen atoms in total. The molecular weight excluding hydrogens is 498 g/mol. The molecule has 28 heavy (non-hydrogen) atoms. The highest BCUT2D eigenvalue weighted by Gasteiger charge is 2.16. The lowest BCUT2D eigenvalue weighted by molar-refractivity contribution is -0.384. The summed E-state index contributed by atoms with van der Waals surface area (Å²) in [4.78, 5) is 27.1. The molecule has 0 saturated heterocycles. The molecule has 0 bridgehead atoms. The van der Waals surface area contributed by atoms with Crippen LogP contribution in [0.5, 0.6) is 11.5 Å². The predicted octanol–water partition coefficient (Wildman–Crippen LogP) is 4.69. The van der Waals surface area contributed by atoms with Gasteiger partial charge in [-0.05, 0) is 34.1 Å². The van der Waals surface area contributed by atoms with Gasteiger partial charge >= 0.3 is 0 Å². The zero-order chi connectivity index (χ0) is 20.3. The van der Waals surface area contributed by atoms with Crippen LogP contribution in [-0.4, -0.2) is 29.5 Å². The summed E-state index contributed by atoms with van der Waals surface area (Å²) in [7, 11) is 1.41. The number of ether oxygens (including phenoxy) is 2. The smallest absolute Gasteiger partial charge is 0.271 e. The first-order valence-corrected chi connectivity index (χ1v) is 9.47. The fourth-order valence-corrected chi connectivity index (χ4v) is 3.90. The standard InChI is InChI=1S/C18H13Br2N3O5/c1-27-15-5-4-10(23(25)26)7-14(15)22-16(24)9-28-18-13(20)8-12(19)11-3-2-6-21-17(11)18/h2-8H,9H2,1H3,(H,22,24). The molecule has 2 aromatic carbocycles. The van der Waals surface area contributed by atoms with Gasteiger partial charge in [-0.25, -0.2) is 0 Å². The summed E-state index contributed by atoms with van der Waals surface area (Å²) in [5.41, 5.74) is 0.607. The largest absolute Gasteiger partial charge is 0.495 e. The Balaban J connectivity index is 1.80. The van der Waals surface area contributed by atoms with Gasteiger partial charge < -0.3 is 14.8 Å². The van der Waals surface area contributed by atoms with Crippen LogP contribution in [0.1, 0.15) is 0 Å². The first-order chi connectivity index (χ1) is 13.4. The third kappa shape index (κ3) is 4.23. The Morgan fingerprint density at radius 3 is 2.75 bits per heavy atom. The Bertz CT molecular complexity index is 1070. The number of nitro groups is 1. The highest BCUT2D eigenvalue weighted by molar-refractivity contribution is 9.11. The van der Waals surface area contributed by atoms with Gasteiger partial charge in [-0.15, -0.1) is 0 Å². The number of carbonyl (C=O) groups excluding carboxylic acids is 1. The van der Waals surface area contributed by atoms with Crippen molar-refractivity contribution < 1.29 is 19.2 Å². The third-order valence-electron chi connectivity index (χ3n) is 3.77.